The zero-order chi connectivity index (χ0) is 32.7. The van der Waals surface area contributed by atoms with Crippen LogP contribution in [0.2, 0.25) is 0 Å². The van der Waals surface area contributed by atoms with Gasteiger partial charge in [0.2, 0.25) is 0 Å². The molecule has 48 heavy (non-hydrogen) atoms. The molecule has 0 saturated carbocycles. The highest BCUT2D eigenvalue weighted by Crippen LogP contribution is 2.37. The molecule has 0 aromatic heterocycles. The molecule has 232 valence electrons. The SMILES string of the molecule is Cc1cccc(N(c2ccccc2)c2ccc(C=Cc3ccc(-c4ccc(N(c5ccccc5)c5cccc(C)c5)cc4)cc3)cc2)c1. The second kappa shape index (κ2) is 14.1. The first kappa shape index (κ1) is 30.5. The van der Waals surface area contributed by atoms with E-state index in [2.05, 4.69) is 218 Å². The van der Waals surface area contributed by atoms with Gasteiger partial charge in [-0.25, -0.2) is 0 Å². The van der Waals surface area contributed by atoms with Crippen LogP contribution in [0.1, 0.15) is 22.3 Å². The molecule has 7 rings (SSSR count). The molecule has 0 heterocycles. The van der Waals surface area contributed by atoms with Crippen molar-refractivity contribution in [1.82, 2.24) is 0 Å². The Morgan fingerprint density at radius 2 is 0.646 bits per heavy atom. The third-order valence-electron chi connectivity index (χ3n) is 8.54. The van der Waals surface area contributed by atoms with Gasteiger partial charge >= 0.3 is 0 Å². The minimum absolute atomic E-state index is 1.13. The van der Waals surface area contributed by atoms with Crippen molar-refractivity contribution in [3.8, 4) is 11.1 Å². The zero-order valence-corrected chi connectivity index (χ0v) is 27.4. The summed E-state index contributed by atoms with van der Waals surface area (Å²) in [6, 6.07) is 64.7. The highest BCUT2D eigenvalue weighted by atomic mass is 15.1. The van der Waals surface area contributed by atoms with E-state index in [9.17, 15) is 0 Å². The van der Waals surface area contributed by atoms with E-state index in [-0.39, 0.29) is 0 Å². The Kier molecular flexibility index (Phi) is 8.97. The van der Waals surface area contributed by atoms with Crippen molar-refractivity contribution in [1.29, 1.82) is 0 Å². The second-order valence-corrected chi connectivity index (χ2v) is 12.1. The number of nitrogens with zero attached hydrogens (tertiary/aromatic N) is 2. The highest BCUT2D eigenvalue weighted by Gasteiger charge is 2.13. The molecule has 0 unspecified atom stereocenters. The van der Waals surface area contributed by atoms with Gasteiger partial charge in [-0.05, 0) is 120 Å². The van der Waals surface area contributed by atoms with E-state index in [1.807, 2.05) is 0 Å². The van der Waals surface area contributed by atoms with Gasteiger partial charge in [-0.2, -0.15) is 0 Å². The van der Waals surface area contributed by atoms with Crippen molar-refractivity contribution in [2.45, 2.75) is 13.8 Å². The average molecular weight is 619 g/mol. The fourth-order valence-corrected chi connectivity index (χ4v) is 6.10. The Bertz CT molecular complexity index is 2110. The zero-order valence-electron chi connectivity index (χ0n) is 27.4. The molecule has 0 aliphatic carbocycles. The third kappa shape index (κ3) is 6.99. The van der Waals surface area contributed by atoms with E-state index in [0.717, 1.165) is 39.7 Å². The van der Waals surface area contributed by atoms with Crippen LogP contribution in [0.15, 0.2) is 182 Å². The van der Waals surface area contributed by atoms with Gasteiger partial charge in [0.05, 0.1) is 0 Å². The Morgan fingerprint density at radius 1 is 0.312 bits per heavy atom. The van der Waals surface area contributed by atoms with Crippen LogP contribution in [0, 0.1) is 13.8 Å². The predicted octanol–water partition coefficient (Wildman–Crippen LogP) is 13.1. The van der Waals surface area contributed by atoms with E-state index in [4.69, 9.17) is 0 Å². The lowest BCUT2D eigenvalue weighted by Gasteiger charge is -2.26. The number of aryl methyl sites for hydroxylation is 2. The Balaban J connectivity index is 1.07. The second-order valence-electron chi connectivity index (χ2n) is 12.1. The highest BCUT2D eigenvalue weighted by molar-refractivity contribution is 5.80. The molecule has 0 amide bonds. The first-order valence-corrected chi connectivity index (χ1v) is 16.4. The molecule has 0 N–H and O–H groups in total. The summed E-state index contributed by atoms with van der Waals surface area (Å²) in [6.45, 7) is 4.27. The number of hydrogen-bond acceptors (Lipinski definition) is 2. The van der Waals surface area contributed by atoms with Gasteiger partial charge in [-0.1, -0.05) is 121 Å². The molecule has 0 spiro atoms. The molecule has 0 atom stereocenters. The maximum Gasteiger partial charge on any atom is 0.0464 e. The molecule has 0 aliphatic rings. The summed E-state index contributed by atoms with van der Waals surface area (Å²) < 4.78 is 0. The summed E-state index contributed by atoms with van der Waals surface area (Å²) in [5.41, 5.74) is 14.0. The van der Waals surface area contributed by atoms with Crippen molar-refractivity contribution in [2.75, 3.05) is 9.80 Å². The average Bonchev–Trinajstić information content (AvgIpc) is 3.13. The number of hydrogen-bond donors (Lipinski definition) is 0. The molecule has 2 heteroatoms. The Hall–Kier alpha value is -6.12. The molecule has 0 radical (unpaired) electrons. The molecule has 0 aliphatic heterocycles. The van der Waals surface area contributed by atoms with Gasteiger partial charge in [0.15, 0.2) is 0 Å². The topological polar surface area (TPSA) is 6.48 Å². The number of para-hydroxylation sites is 2. The Labute approximate surface area is 284 Å². The molecular weight excluding hydrogens is 581 g/mol. The van der Waals surface area contributed by atoms with Crippen LogP contribution in [0.5, 0.6) is 0 Å². The van der Waals surface area contributed by atoms with Crippen molar-refractivity contribution in [3.05, 3.63) is 204 Å². The van der Waals surface area contributed by atoms with Crippen LogP contribution in [0.3, 0.4) is 0 Å². The van der Waals surface area contributed by atoms with Gasteiger partial charge in [0, 0.05) is 34.1 Å². The van der Waals surface area contributed by atoms with Gasteiger partial charge in [0.1, 0.15) is 0 Å². The number of rotatable bonds is 9. The van der Waals surface area contributed by atoms with Crippen LogP contribution in [0.25, 0.3) is 23.3 Å². The van der Waals surface area contributed by atoms with E-state index < -0.39 is 0 Å². The normalized spacial score (nSPS) is 11.0. The maximum atomic E-state index is 2.30. The molecule has 0 fully saturated rings. The summed E-state index contributed by atoms with van der Waals surface area (Å²) in [5, 5.41) is 0. The third-order valence-corrected chi connectivity index (χ3v) is 8.54. The lowest BCUT2D eigenvalue weighted by Crippen LogP contribution is -2.09. The summed E-state index contributed by atoms with van der Waals surface area (Å²) in [7, 11) is 0. The fourth-order valence-electron chi connectivity index (χ4n) is 6.10. The van der Waals surface area contributed by atoms with Crippen LogP contribution in [-0.2, 0) is 0 Å². The van der Waals surface area contributed by atoms with E-state index in [0.29, 0.717) is 0 Å². The van der Waals surface area contributed by atoms with Crippen LogP contribution < -0.4 is 9.80 Å². The first-order chi connectivity index (χ1) is 23.6. The minimum atomic E-state index is 1.13. The molecule has 7 aromatic rings. The van der Waals surface area contributed by atoms with Crippen LogP contribution >= 0.6 is 0 Å². The Morgan fingerprint density at radius 3 is 1.06 bits per heavy atom. The van der Waals surface area contributed by atoms with Crippen molar-refractivity contribution >= 4 is 46.3 Å². The van der Waals surface area contributed by atoms with Crippen LogP contribution in [-0.4, -0.2) is 0 Å². The minimum Gasteiger partial charge on any atom is -0.310 e. The lowest BCUT2D eigenvalue weighted by molar-refractivity contribution is 1.27. The summed E-state index contributed by atoms with van der Waals surface area (Å²) in [6.07, 6.45) is 4.35. The first-order valence-electron chi connectivity index (χ1n) is 16.4. The number of anilines is 6. The van der Waals surface area contributed by atoms with Gasteiger partial charge in [-0.3, -0.25) is 0 Å². The van der Waals surface area contributed by atoms with E-state index >= 15 is 0 Å². The smallest absolute Gasteiger partial charge is 0.0464 e. The summed E-state index contributed by atoms with van der Waals surface area (Å²) >= 11 is 0. The molecule has 0 bridgehead atoms. The lowest BCUT2D eigenvalue weighted by atomic mass is 10.0. The molecule has 0 saturated heterocycles. The van der Waals surface area contributed by atoms with Crippen molar-refractivity contribution < 1.29 is 0 Å². The summed E-state index contributed by atoms with van der Waals surface area (Å²) in [5.74, 6) is 0. The van der Waals surface area contributed by atoms with Gasteiger partial charge in [0.25, 0.3) is 0 Å². The predicted molar refractivity (Wildman–Crippen MR) is 206 cm³/mol. The fraction of sp³-hybridized carbons (Fsp3) is 0.0435. The van der Waals surface area contributed by atoms with Crippen molar-refractivity contribution in [3.63, 3.8) is 0 Å². The summed E-state index contributed by atoms with van der Waals surface area (Å²) in [4.78, 5) is 4.60. The molecular formula is C46H38N2. The quantitative estimate of drug-likeness (QED) is 0.149. The molecule has 7 aromatic carbocycles. The standard InChI is InChI=1S/C46H38N2/c1-35-11-9-17-45(33-35)47(41-13-5-3-6-14-41)43-29-23-38(24-30-43)20-19-37-21-25-39(26-22-37)40-27-31-44(32-28-40)48(42-15-7-4-8-16-42)46-18-10-12-36(2)34-46/h3-34H,1-2H3. The van der Waals surface area contributed by atoms with Crippen LogP contribution in [0.4, 0.5) is 34.1 Å². The molecule has 2 nitrogen and oxygen atoms in total. The van der Waals surface area contributed by atoms with Crippen molar-refractivity contribution in [2.24, 2.45) is 0 Å². The van der Waals surface area contributed by atoms with Gasteiger partial charge in [-0.15, -0.1) is 0 Å². The van der Waals surface area contributed by atoms with E-state index in [1.165, 1.54) is 27.8 Å². The van der Waals surface area contributed by atoms with E-state index in [1.54, 1.807) is 0 Å². The monoisotopic (exact) mass is 618 g/mol. The largest absolute Gasteiger partial charge is 0.310 e. The van der Waals surface area contributed by atoms with Gasteiger partial charge < -0.3 is 9.80 Å². The number of benzene rings is 7. The maximum absolute atomic E-state index is 2.30.